The van der Waals surface area contributed by atoms with Gasteiger partial charge >= 0.3 is 12.1 Å². The molecule has 0 radical (unpaired) electrons. The molecule has 2 atom stereocenters. The lowest BCUT2D eigenvalue weighted by Crippen LogP contribution is -2.43. The molecule has 360 valence electrons. The Balaban J connectivity index is -0.000000223. The second kappa shape index (κ2) is 47.9. The Hall–Kier alpha value is -5.10. The van der Waals surface area contributed by atoms with Gasteiger partial charge in [-0.2, -0.15) is 0 Å². The van der Waals surface area contributed by atoms with Gasteiger partial charge in [-0.25, -0.2) is 9.59 Å². The molecule has 16 nitrogen and oxygen atoms in total. The van der Waals surface area contributed by atoms with E-state index in [9.17, 15) is 33.6 Å². The number of nitrogens with one attached hydrogen (secondary N) is 7. The average molecular weight is 906 g/mol. The van der Waals surface area contributed by atoms with Crippen molar-refractivity contribution in [3.05, 3.63) is 66.4 Å². The highest BCUT2D eigenvalue weighted by Crippen LogP contribution is 2.19. The van der Waals surface area contributed by atoms with Crippen LogP contribution in [0.25, 0.3) is 10.9 Å². The van der Waals surface area contributed by atoms with Crippen LogP contribution in [0.3, 0.4) is 0 Å². The number of thioether (sulfide) groups is 1. The van der Waals surface area contributed by atoms with Crippen LogP contribution < -0.4 is 37.6 Å². The first kappa shape index (κ1) is 67.0. The summed E-state index contributed by atoms with van der Waals surface area (Å²) in [4.78, 5) is 79.1. The predicted octanol–water partition coefficient (Wildman–Crippen LogP) is 6.29. The first-order chi connectivity index (χ1) is 30.1. The third-order valence-corrected chi connectivity index (χ3v) is 7.70. The minimum absolute atomic E-state index is 0.0267. The second-order valence-corrected chi connectivity index (χ2v) is 15.5. The second-order valence-electron chi connectivity index (χ2n) is 14.1. The van der Waals surface area contributed by atoms with Crippen LogP contribution in [0.5, 0.6) is 0 Å². The molecule has 9 N–H and O–H groups in total. The van der Waals surface area contributed by atoms with Gasteiger partial charge in [0, 0.05) is 54.0 Å². The quantitative estimate of drug-likeness (QED) is 0.0426. The van der Waals surface area contributed by atoms with Crippen LogP contribution in [-0.2, 0) is 30.4 Å². The summed E-state index contributed by atoms with van der Waals surface area (Å²) in [7, 11) is 6.66. The Bertz CT molecular complexity index is 1530. The van der Waals surface area contributed by atoms with Crippen LogP contribution in [0, 0.1) is 5.92 Å². The number of carbonyl (C=O) groups is 7. The summed E-state index contributed by atoms with van der Waals surface area (Å²) in [6, 6.07) is 16.6. The number of aromatic amines is 1. The summed E-state index contributed by atoms with van der Waals surface area (Å²) in [5.74, 6) is 1.99. The van der Waals surface area contributed by atoms with Crippen LogP contribution in [0.2, 0.25) is 0 Å². The van der Waals surface area contributed by atoms with Crippen molar-refractivity contribution in [1.82, 2.24) is 41.8 Å². The highest BCUT2D eigenvalue weighted by molar-refractivity contribution is 7.99. The van der Waals surface area contributed by atoms with E-state index in [0.717, 1.165) is 53.7 Å². The maximum absolute atomic E-state index is 11.2. The molecule has 0 spiro atoms. The van der Waals surface area contributed by atoms with E-state index in [4.69, 9.17) is 0 Å². The van der Waals surface area contributed by atoms with E-state index in [-0.39, 0.29) is 24.0 Å². The van der Waals surface area contributed by atoms with Crippen molar-refractivity contribution in [3.8, 4) is 0 Å². The minimum atomic E-state index is -0.688. The first-order valence-electron chi connectivity index (χ1n) is 21.2. The number of urea groups is 2. The van der Waals surface area contributed by atoms with Gasteiger partial charge in [-0.1, -0.05) is 84.9 Å². The van der Waals surface area contributed by atoms with Gasteiger partial charge in [-0.05, 0) is 90.2 Å². The third kappa shape index (κ3) is 43.3. The number of imide groups is 1. The maximum Gasteiger partial charge on any atom is 0.321 e. The summed E-state index contributed by atoms with van der Waals surface area (Å²) in [6.45, 7) is 21.9. The van der Waals surface area contributed by atoms with E-state index in [2.05, 4.69) is 89.3 Å². The molecule has 63 heavy (non-hydrogen) atoms. The zero-order chi connectivity index (χ0) is 49.5. The molecule has 3 rings (SSSR count). The largest absolute Gasteiger partial charge is 0.361 e. The lowest BCUT2D eigenvalue weighted by atomic mass is 10.1. The molecule has 0 bridgehead atoms. The van der Waals surface area contributed by atoms with Crippen molar-refractivity contribution in [2.24, 2.45) is 11.7 Å². The standard InChI is InChI=1S/C13H13N3O3.C8H10S.C7H17N3O.C6H11NO2.C5H11NO.C4H10.C2H6.CH5N/c17-7-10(16-13(19)15-8-18)5-9-6-14-12-4-2-1-3-11(9)12;1-2-9-8-6-4-3-5-7-8;1-4-5-10(6-8-2)7(11)9-3;1-7-6(5-9)3-2-4-8;1-5(2,3)6-4-7;1-4(2)3;2*1-2/h1-4,6-8,10,14H,5H2,(H2,15,16,18,19);3-7H,2H2,1H3;8H,4-6H2,1-3H3,(H,9,11);4-7H,2-3H2,1H3;4H,1-3H3,(H,6,7);4H,1-3H3;1-2H3;2H2,1H3. The van der Waals surface area contributed by atoms with Gasteiger partial charge in [0.25, 0.3) is 0 Å². The number of aromatic nitrogens is 1. The van der Waals surface area contributed by atoms with Crippen molar-refractivity contribution in [2.75, 3.05) is 47.2 Å². The molecule has 6 amide bonds. The topological polar surface area (TPSA) is 237 Å². The van der Waals surface area contributed by atoms with E-state index in [1.165, 1.54) is 11.9 Å². The van der Waals surface area contributed by atoms with Gasteiger partial charge in [0.1, 0.15) is 18.9 Å². The molecule has 0 aliphatic heterocycles. The highest BCUT2D eigenvalue weighted by atomic mass is 32.2. The zero-order valence-corrected chi connectivity index (χ0v) is 41.4. The zero-order valence-electron chi connectivity index (χ0n) is 40.6. The maximum atomic E-state index is 11.2. The Kier molecular flexibility index (Phi) is 51.0. The molecular formula is C46H83N9O7S. The third-order valence-electron chi connectivity index (χ3n) is 6.81. The summed E-state index contributed by atoms with van der Waals surface area (Å²) >= 11 is 1.88. The minimum Gasteiger partial charge on any atom is -0.361 e. The number of fused-ring (bicyclic) bond motifs is 1. The number of para-hydroxylation sites is 1. The lowest BCUT2D eigenvalue weighted by Gasteiger charge is -2.20. The summed E-state index contributed by atoms with van der Waals surface area (Å²) in [6.07, 6.45) is 7.44. The number of nitrogens with two attached hydrogens (primary N) is 1. The monoisotopic (exact) mass is 906 g/mol. The van der Waals surface area contributed by atoms with Gasteiger partial charge < -0.3 is 56.6 Å². The van der Waals surface area contributed by atoms with Gasteiger partial charge in [-0.15, -0.1) is 11.8 Å². The molecule has 3 aromatic rings. The molecule has 0 aliphatic rings. The number of nitrogens with zero attached hydrogens (tertiary/aromatic N) is 1. The molecule has 0 fully saturated rings. The molecule has 0 saturated heterocycles. The normalized spacial score (nSPS) is 10.3. The van der Waals surface area contributed by atoms with Crippen molar-refractivity contribution < 1.29 is 33.6 Å². The van der Waals surface area contributed by atoms with Crippen molar-refractivity contribution in [1.29, 1.82) is 0 Å². The van der Waals surface area contributed by atoms with Crippen LogP contribution in [0.15, 0.2) is 65.7 Å². The molecule has 17 heteroatoms. The summed E-state index contributed by atoms with van der Waals surface area (Å²) in [5.41, 5.74) is 6.33. The van der Waals surface area contributed by atoms with Crippen LogP contribution >= 0.6 is 11.8 Å². The number of benzene rings is 2. The summed E-state index contributed by atoms with van der Waals surface area (Å²) in [5, 5.41) is 16.2. The Morgan fingerprint density at radius 3 is 1.81 bits per heavy atom. The number of aldehydes is 3. The molecule has 0 saturated carbocycles. The molecular weight excluding hydrogens is 823 g/mol. The van der Waals surface area contributed by atoms with Crippen LogP contribution in [0.1, 0.15) is 94.1 Å². The predicted molar refractivity (Wildman–Crippen MR) is 263 cm³/mol. The Morgan fingerprint density at radius 2 is 1.40 bits per heavy atom. The van der Waals surface area contributed by atoms with Crippen LogP contribution in [-0.4, -0.2) is 118 Å². The van der Waals surface area contributed by atoms with Crippen molar-refractivity contribution in [2.45, 2.75) is 117 Å². The summed E-state index contributed by atoms with van der Waals surface area (Å²) < 4.78 is 0. The SMILES string of the molecule is CC.CC(C)(C)NC=O.CC(C)C.CCCN(CNC)C(=O)NC.CCSc1ccccc1.CN.CNC(C=O)CCC=O.O=CNC(=O)NC(C=O)Cc1c[nH]c2ccccc12. The number of carbonyl (C=O) groups excluding carboxylic acids is 7. The van der Waals surface area contributed by atoms with Crippen molar-refractivity contribution in [3.63, 3.8) is 0 Å². The molecule has 2 unspecified atom stereocenters. The molecule has 0 aliphatic carbocycles. The fraction of sp³-hybridized carbons (Fsp3) is 0.543. The number of rotatable bonds is 17. The fourth-order valence-electron chi connectivity index (χ4n) is 4.19. The van der Waals surface area contributed by atoms with Gasteiger partial charge in [0.15, 0.2) is 0 Å². The van der Waals surface area contributed by atoms with Crippen molar-refractivity contribution >= 4 is 66.4 Å². The van der Waals surface area contributed by atoms with Gasteiger partial charge in [-0.3, -0.25) is 14.9 Å². The number of H-pyrrole nitrogens is 1. The fourth-order valence-corrected chi connectivity index (χ4v) is 4.88. The number of hydrogen-bond donors (Lipinski definition) is 8. The first-order valence-corrected chi connectivity index (χ1v) is 22.2. The van der Waals surface area contributed by atoms with E-state index < -0.39 is 12.1 Å². The number of likely N-dealkylation sites (N-methyl/N-ethyl adjacent to an activating group) is 1. The van der Waals surface area contributed by atoms with Gasteiger partial charge in [0.2, 0.25) is 12.8 Å². The molecule has 2 aromatic carbocycles. The average Bonchev–Trinajstić information content (AvgIpc) is 3.68. The Morgan fingerprint density at radius 1 is 0.841 bits per heavy atom. The van der Waals surface area contributed by atoms with Gasteiger partial charge in [0.05, 0.1) is 18.8 Å². The number of amides is 6. The molecule has 1 heterocycles. The number of hydrogen-bond acceptors (Lipinski definition) is 11. The Labute approximate surface area is 383 Å². The van der Waals surface area contributed by atoms with Crippen LogP contribution in [0.4, 0.5) is 9.59 Å². The van der Waals surface area contributed by atoms with E-state index in [1.807, 2.05) is 96.0 Å². The lowest BCUT2D eigenvalue weighted by molar-refractivity contribution is -0.111. The smallest absolute Gasteiger partial charge is 0.321 e. The van der Waals surface area contributed by atoms with E-state index >= 15 is 0 Å². The van der Waals surface area contributed by atoms with E-state index in [0.29, 0.717) is 38.6 Å². The van der Waals surface area contributed by atoms with E-state index in [1.54, 1.807) is 25.2 Å². The molecule has 1 aromatic heterocycles. The highest BCUT2D eigenvalue weighted by Gasteiger charge is 2.14.